The smallest absolute Gasteiger partial charge is 0.207 e. The Morgan fingerprint density at radius 3 is 3.00 bits per heavy atom. The highest BCUT2D eigenvalue weighted by Crippen LogP contribution is 2.55. The van der Waals surface area contributed by atoms with E-state index in [-0.39, 0.29) is 5.54 Å². The average Bonchev–Trinajstić information content (AvgIpc) is 2.64. The summed E-state index contributed by atoms with van der Waals surface area (Å²) in [6.07, 6.45) is 10.4. The van der Waals surface area contributed by atoms with E-state index in [0.717, 1.165) is 24.2 Å². The summed E-state index contributed by atoms with van der Waals surface area (Å²) in [7, 11) is 0. The van der Waals surface area contributed by atoms with Crippen molar-refractivity contribution < 1.29 is 4.79 Å². The van der Waals surface area contributed by atoms with Crippen molar-refractivity contribution in [1.82, 2.24) is 5.32 Å². The van der Waals surface area contributed by atoms with Gasteiger partial charge in [0, 0.05) is 5.54 Å². The largest absolute Gasteiger partial charge is 0.353 e. The van der Waals surface area contributed by atoms with Crippen LogP contribution >= 0.6 is 0 Å². The van der Waals surface area contributed by atoms with Gasteiger partial charge >= 0.3 is 0 Å². The molecule has 0 aromatic rings. The molecule has 0 spiro atoms. The normalized spacial score (nSPS) is 50.1. The first kappa shape index (κ1) is 8.75. The number of hydrogen-bond donors (Lipinski definition) is 1. The second-order valence-electron chi connectivity index (χ2n) is 5.54. The van der Waals surface area contributed by atoms with Crippen LogP contribution in [0.4, 0.5) is 0 Å². The highest BCUT2D eigenvalue weighted by Gasteiger charge is 2.52. The summed E-state index contributed by atoms with van der Waals surface area (Å²) in [5.74, 6) is 2.73. The molecule has 3 rings (SSSR count). The van der Waals surface area contributed by atoms with E-state index < -0.39 is 0 Å². The van der Waals surface area contributed by atoms with E-state index in [1.807, 2.05) is 0 Å². The molecule has 3 aliphatic rings. The van der Waals surface area contributed by atoms with Gasteiger partial charge in [-0.15, -0.1) is 0 Å². The van der Waals surface area contributed by atoms with Crippen molar-refractivity contribution in [3.63, 3.8) is 0 Å². The van der Waals surface area contributed by atoms with Crippen LogP contribution < -0.4 is 5.32 Å². The Balaban J connectivity index is 1.90. The third kappa shape index (κ3) is 1.06. The number of nitrogens with one attached hydrogen (secondary N) is 1. The molecule has 0 aromatic carbocycles. The molecule has 0 radical (unpaired) electrons. The van der Waals surface area contributed by atoms with Gasteiger partial charge in [0.25, 0.3) is 0 Å². The fraction of sp³-hybridized carbons (Fsp3) is 0.917. The highest BCUT2D eigenvalue weighted by atomic mass is 16.1. The minimum Gasteiger partial charge on any atom is -0.353 e. The second kappa shape index (κ2) is 2.98. The molecular weight excluding hydrogens is 174 g/mol. The zero-order chi connectivity index (χ0) is 9.60. The van der Waals surface area contributed by atoms with Gasteiger partial charge in [0.15, 0.2) is 0 Å². The Morgan fingerprint density at radius 2 is 2.14 bits per heavy atom. The molecule has 4 atom stereocenters. The van der Waals surface area contributed by atoms with Crippen molar-refractivity contribution >= 4 is 6.41 Å². The first-order chi connectivity index (χ1) is 6.84. The van der Waals surface area contributed by atoms with Crippen LogP contribution in [0.3, 0.4) is 0 Å². The minimum absolute atomic E-state index is 0.220. The summed E-state index contributed by atoms with van der Waals surface area (Å²) >= 11 is 0. The molecule has 78 valence electrons. The minimum atomic E-state index is 0.220. The van der Waals surface area contributed by atoms with E-state index in [9.17, 15) is 4.79 Å². The van der Waals surface area contributed by atoms with Crippen molar-refractivity contribution in [1.29, 1.82) is 0 Å². The number of carbonyl (C=O) groups excluding carboxylic acids is 1. The van der Waals surface area contributed by atoms with Gasteiger partial charge in [0.05, 0.1) is 0 Å². The molecule has 2 heteroatoms. The van der Waals surface area contributed by atoms with Gasteiger partial charge in [-0.2, -0.15) is 0 Å². The number of hydrogen-bond acceptors (Lipinski definition) is 1. The molecule has 4 unspecified atom stereocenters. The third-order valence-electron chi connectivity index (χ3n) is 5.09. The van der Waals surface area contributed by atoms with E-state index >= 15 is 0 Å². The predicted molar refractivity (Wildman–Crippen MR) is 54.7 cm³/mol. The van der Waals surface area contributed by atoms with Crippen molar-refractivity contribution in [3.8, 4) is 0 Å². The lowest BCUT2D eigenvalue weighted by Crippen LogP contribution is -2.55. The highest BCUT2D eigenvalue weighted by molar-refractivity contribution is 5.48. The lowest BCUT2D eigenvalue weighted by Gasteiger charge is -2.49. The number of fused-ring (bicyclic) bond motifs is 6. The summed E-state index contributed by atoms with van der Waals surface area (Å²) in [5.41, 5.74) is 0.220. The van der Waals surface area contributed by atoms with Gasteiger partial charge in [-0.25, -0.2) is 0 Å². The van der Waals surface area contributed by atoms with E-state index in [2.05, 4.69) is 5.32 Å². The standard InChI is InChI=1S/C12H19NO/c14-8-13-12-5-1-2-10(7-12)9-3-4-11(12)6-9/h8-11H,1-7H2,(H,13,14). The Bertz CT molecular complexity index is 253. The van der Waals surface area contributed by atoms with Crippen LogP contribution in [0, 0.1) is 17.8 Å². The molecule has 0 aliphatic heterocycles. The molecular formula is C12H19NO. The Morgan fingerprint density at radius 1 is 1.21 bits per heavy atom. The van der Waals surface area contributed by atoms with Crippen molar-refractivity contribution in [2.24, 2.45) is 17.8 Å². The lowest BCUT2D eigenvalue weighted by molar-refractivity contribution is -0.113. The van der Waals surface area contributed by atoms with E-state index in [0.29, 0.717) is 0 Å². The van der Waals surface area contributed by atoms with E-state index in [1.165, 1.54) is 44.9 Å². The zero-order valence-electron chi connectivity index (χ0n) is 8.67. The molecule has 0 aromatic heterocycles. The summed E-state index contributed by atoms with van der Waals surface area (Å²) < 4.78 is 0. The lowest BCUT2D eigenvalue weighted by atomic mass is 9.61. The average molecular weight is 193 g/mol. The summed E-state index contributed by atoms with van der Waals surface area (Å²) in [6, 6.07) is 0. The van der Waals surface area contributed by atoms with Gasteiger partial charge < -0.3 is 5.32 Å². The van der Waals surface area contributed by atoms with Crippen LogP contribution in [-0.4, -0.2) is 11.9 Å². The molecule has 3 saturated carbocycles. The Labute approximate surface area is 85.4 Å². The van der Waals surface area contributed by atoms with E-state index in [4.69, 9.17) is 0 Å². The van der Waals surface area contributed by atoms with E-state index in [1.54, 1.807) is 0 Å². The molecule has 14 heavy (non-hydrogen) atoms. The van der Waals surface area contributed by atoms with Crippen LogP contribution in [-0.2, 0) is 4.79 Å². The first-order valence-corrected chi connectivity index (χ1v) is 6.05. The summed E-state index contributed by atoms with van der Waals surface area (Å²) in [4.78, 5) is 10.7. The second-order valence-corrected chi connectivity index (χ2v) is 5.54. The van der Waals surface area contributed by atoms with Crippen LogP contribution in [0.2, 0.25) is 0 Å². The molecule has 0 saturated heterocycles. The van der Waals surface area contributed by atoms with Crippen molar-refractivity contribution in [2.75, 3.05) is 0 Å². The van der Waals surface area contributed by atoms with Crippen molar-refractivity contribution in [2.45, 2.75) is 50.5 Å². The molecule has 1 amide bonds. The summed E-state index contributed by atoms with van der Waals surface area (Å²) in [5, 5.41) is 3.18. The van der Waals surface area contributed by atoms with Crippen LogP contribution in [0.15, 0.2) is 0 Å². The summed E-state index contributed by atoms with van der Waals surface area (Å²) in [6.45, 7) is 0. The molecule has 2 nitrogen and oxygen atoms in total. The maximum Gasteiger partial charge on any atom is 0.207 e. The van der Waals surface area contributed by atoms with Gasteiger partial charge in [0.1, 0.15) is 0 Å². The third-order valence-corrected chi connectivity index (χ3v) is 5.09. The van der Waals surface area contributed by atoms with Gasteiger partial charge in [0.2, 0.25) is 6.41 Å². The molecule has 4 bridgehead atoms. The number of amides is 1. The van der Waals surface area contributed by atoms with Gasteiger partial charge in [-0.05, 0) is 49.9 Å². The van der Waals surface area contributed by atoms with Crippen LogP contribution in [0.25, 0.3) is 0 Å². The molecule has 0 heterocycles. The topological polar surface area (TPSA) is 29.1 Å². The van der Waals surface area contributed by atoms with Gasteiger partial charge in [-0.3, -0.25) is 4.79 Å². The maximum absolute atomic E-state index is 10.7. The first-order valence-electron chi connectivity index (χ1n) is 6.05. The molecule has 1 N–H and O–H groups in total. The molecule has 3 aliphatic carbocycles. The Hall–Kier alpha value is -0.530. The number of carbonyl (C=O) groups is 1. The van der Waals surface area contributed by atoms with Gasteiger partial charge in [-0.1, -0.05) is 12.8 Å². The van der Waals surface area contributed by atoms with Crippen molar-refractivity contribution in [3.05, 3.63) is 0 Å². The fourth-order valence-electron chi connectivity index (χ4n) is 4.44. The van der Waals surface area contributed by atoms with Crippen LogP contribution in [0.5, 0.6) is 0 Å². The zero-order valence-corrected chi connectivity index (χ0v) is 8.67. The quantitative estimate of drug-likeness (QED) is 0.668. The van der Waals surface area contributed by atoms with Crippen LogP contribution in [0.1, 0.15) is 44.9 Å². The number of rotatable bonds is 2. The molecule has 3 fully saturated rings. The SMILES string of the molecule is O=CNC12CCCC(C1)C1CCC2C1. The monoisotopic (exact) mass is 193 g/mol. The fourth-order valence-corrected chi connectivity index (χ4v) is 4.44. The predicted octanol–water partition coefficient (Wildman–Crippen LogP) is 2.09. The Kier molecular flexibility index (Phi) is 1.86. The maximum atomic E-state index is 10.7.